The van der Waals surface area contributed by atoms with Crippen molar-refractivity contribution in [3.05, 3.63) is 59.7 Å². The van der Waals surface area contributed by atoms with Crippen LogP contribution in [0.15, 0.2) is 48.5 Å². The van der Waals surface area contributed by atoms with Crippen molar-refractivity contribution in [2.24, 2.45) is 5.92 Å². The molecule has 0 amide bonds. The summed E-state index contributed by atoms with van der Waals surface area (Å²) in [4.78, 5) is 12.9. The van der Waals surface area contributed by atoms with Gasteiger partial charge in [0.05, 0.1) is 0 Å². The standard InChI is InChI=1S/C20H25NO2/c1-15(13-20(22)23)12-16-8-10-17(11-9-16)19-7-5-4-6-18(19)14-21(2)3/h4-11,15H,12-14H2,1-3H3,(H,22,23). The maximum Gasteiger partial charge on any atom is 0.303 e. The molecule has 1 atom stereocenters. The van der Waals surface area contributed by atoms with Crippen LogP contribution in [0, 0.1) is 5.92 Å². The molecule has 0 bridgehead atoms. The third-order valence-electron chi connectivity index (χ3n) is 3.88. The lowest BCUT2D eigenvalue weighted by molar-refractivity contribution is -0.137. The number of hydrogen-bond donors (Lipinski definition) is 1. The van der Waals surface area contributed by atoms with Crippen LogP contribution >= 0.6 is 0 Å². The van der Waals surface area contributed by atoms with Gasteiger partial charge in [-0.25, -0.2) is 0 Å². The molecule has 3 nitrogen and oxygen atoms in total. The quantitative estimate of drug-likeness (QED) is 0.838. The number of carboxylic acid groups (broad SMARTS) is 1. The molecule has 1 unspecified atom stereocenters. The van der Waals surface area contributed by atoms with Crippen molar-refractivity contribution in [3.8, 4) is 11.1 Å². The Morgan fingerprint density at radius 1 is 1.09 bits per heavy atom. The van der Waals surface area contributed by atoms with Gasteiger partial charge in [-0.1, -0.05) is 55.5 Å². The van der Waals surface area contributed by atoms with E-state index in [0.717, 1.165) is 13.0 Å². The molecule has 0 spiro atoms. The number of nitrogens with zero attached hydrogens (tertiary/aromatic N) is 1. The van der Waals surface area contributed by atoms with E-state index >= 15 is 0 Å². The maximum absolute atomic E-state index is 10.8. The minimum atomic E-state index is -0.730. The molecule has 0 aliphatic carbocycles. The molecule has 0 saturated carbocycles. The number of carbonyl (C=O) groups is 1. The molecular weight excluding hydrogens is 286 g/mol. The van der Waals surface area contributed by atoms with E-state index in [0.29, 0.717) is 0 Å². The van der Waals surface area contributed by atoms with Crippen molar-refractivity contribution in [1.29, 1.82) is 0 Å². The summed E-state index contributed by atoms with van der Waals surface area (Å²) in [6, 6.07) is 17.0. The lowest BCUT2D eigenvalue weighted by Crippen LogP contribution is -2.11. The molecule has 2 rings (SSSR count). The van der Waals surface area contributed by atoms with Crippen molar-refractivity contribution in [3.63, 3.8) is 0 Å². The molecule has 0 aliphatic rings. The highest BCUT2D eigenvalue weighted by atomic mass is 16.4. The molecule has 1 N–H and O–H groups in total. The molecular formula is C20H25NO2. The third kappa shape index (κ3) is 5.22. The van der Waals surface area contributed by atoms with Crippen LogP contribution in [-0.2, 0) is 17.8 Å². The molecule has 2 aromatic rings. The van der Waals surface area contributed by atoms with Crippen LogP contribution in [0.1, 0.15) is 24.5 Å². The van der Waals surface area contributed by atoms with Gasteiger partial charge in [0.1, 0.15) is 0 Å². The van der Waals surface area contributed by atoms with E-state index < -0.39 is 5.97 Å². The second kappa shape index (κ2) is 7.93. The highest BCUT2D eigenvalue weighted by Gasteiger charge is 2.09. The van der Waals surface area contributed by atoms with E-state index in [1.54, 1.807) is 0 Å². The van der Waals surface area contributed by atoms with Crippen molar-refractivity contribution >= 4 is 5.97 Å². The number of aliphatic carboxylic acids is 1. The fourth-order valence-corrected chi connectivity index (χ4v) is 2.87. The SMILES string of the molecule is CC(CC(=O)O)Cc1ccc(-c2ccccc2CN(C)C)cc1. The van der Waals surface area contributed by atoms with Crippen LogP contribution in [0.25, 0.3) is 11.1 Å². The van der Waals surface area contributed by atoms with Gasteiger partial charge in [-0.05, 0) is 48.7 Å². The smallest absolute Gasteiger partial charge is 0.303 e. The van der Waals surface area contributed by atoms with Gasteiger partial charge in [-0.3, -0.25) is 4.79 Å². The Morgan fingerprint density at radius 2 is 1.74 bits per heavy atom. The first-order valence-corrected chi connectivity index (χ1v) is 7.99. The zero-order valence-electron chi connectivity index (χ0n) is 14.1. The first kappa shape index (κ1) is 17.2. The lowest BCUT2D eigenvalue weighted by Gasteiger charge is -2.15. The average molecular weight is 311 g/mol. The van der Waals surface area contributed by atoms with Crippen molar-refractivity contribution < 1.29 is 9.90 Å². The monoisotopic (exact) mass is 311 g/mol. The lowest BCUT2D eigenvalue weighted by atomic mass is 9.94. The number of carboxylic acids is 1. The Morgan fingerprint density at radius 3 is 2.35 bits per heavy atom. The Kier molecular flexibility index (Phi) is 5.94. The summed E-state index contributed by atoms with van der Waals surface area (Å²) in [5, 5.41) is 8.85. The van der Waals surface area contributed by atoms with Gasteiger partial charge in [0, 0.05) is 13.0 Å². The molecule has 0 radical (unpaired) electrons. The second-order valence-electron chi connectivity index (χ2n) is 6.50. The van der Waals surface area contributed by atoms with Gasteiger partial charge in [0.25, 0.3) is 0 Å². The summed E-state index contributed by atoms with van der Waals surface area (Å²) in [7, 11) is 4.15. The van der Waals surface area contributed by atoms with Crippen LogP contribution in [0.2, 0.25) is 0 Å². The molecule has 0 aromatic heterocycles. The van der Waals surface area contributed by atoms with E-state index in [9.17, 15) is 4.79 Å². The van der Waals surface area contributed by atoms with Crippen LogP contribution < -0.4 is 0 Å². The van der Waals surface area contributed by atoms with Crippen molar-refractivity contribution in [1.82, 2.24) is 4.90 Å². The Balaban J connectivity index is 2.15. The predicted molar refractivity (Wildman–Crippen MR) is 94.4 cm³/mol. The van der Waals surface area contributed by atoms with Crippen LogP contribution in [0.5, 0.6) is 0 Å². The highest BCUT2D eigenvalue weighted by Crippen LogP contribution is 2.25. The molecule has 0 fully saturated rings. The summed E-state index contributed by atoms with van der Waals surface area (Å²) < 4.78 is 0. The van der Waals surface area contributed by atoms with E-state index in [2.05, 4.69) is 67.5 Å². The number of benzene rings is 2. The largest absolute Gasteiger partial charge is 0.481 e. The van der Waals surface area contributed by atoms with Crippen molar-refractivity contribution in [2.75, 3.05) is 14.1 Å². The minimum Gasteiger partial charge on any atom is -0.481 e. The molecule has 0 saturated heterocycles. The Hall–Kier alpha value is -2.13. The fraction of sp³-hybridized carbons (Fsp3) is 0.350. The van der Waals surface area contributed by atoms with Crippen LogP contribution in [0.4, 0.5) is 0 Å². The van der Waals surface area contributed by atoms with E-state index in [1.165, 1.54) is 22.3 Å². The summed E-state index contributed by atoms with van der Waals surface area (Å²) in [6.45, 7) is 2.89. The number of rotatable bonds is 7. The summed E-state index contributed by atoms with van der Waals surface area (Å²) in [5.41, 5.74) is 4.96. The van der Waals surface area contributed by atoms with Gasteiger partial charge in [0.15, 0.2) is 0 Å². The Bertz CT molecular complexity index is 647. The maximum atomic E-state index is 10.8. The number of hydrogen-bond acceptors (Lipinski definition) is 2. The Labute approximate surface area is 138 Å². The first-order valence-electron chi connectivity index (χ1n) is 7.99. The molecule has 23 heavy (non-hydrogen) atoms. The van der Waals surface area contributed by atoms with E-state index in [-0.39, 0.29) is 12.3 Å². The fourth-order valence-electron chi connectivity index (χ4n) is 2.87. The zero-order chi connectivity index (χ0) is 16.8. The summed E-state index contributed by atoms with van der Waals surface area (Å²) in [5.74, 6) is -0.578. The second-order valence-corrected chi connectivity index (χ2v) is 6.50. The van der Waals surface area contributed by atoms with Crippen molar-refractivity contribution in [2.45, 2.75) is 26.3 Å². The van der Waals surface area contributed by atoms with Gasteiger partial charge in [-0.2, -0.15) is 0 Å². The van der Waals surface area contributed by atoms with Gasteiger partial charge >= 0.3 is 5.97 Å². The van der Waals surface area contributed by atoms with Gasteiger partial charge in [0.2, 0.25) is 0 Å². The average Bonchev–Trinajstić information content (AvgIpc) is 2.47. The molecule has 2 aromatic carbocycles. The molecule has 0 aliphatic heterocycles. The zero-order valence-corrected chi connectivity index (χ0v) is 14.1. The predicted octanol–water partition coefficient (Wildman–Crippen LogP) is 4.07. The first-order chi connectivity index (χ1) is 11.0. The highest BCUT2D eigenvalue weighted by molar-refractivity contribution is 5.68. The summed E-state index contributed by atoms with van der Waals surface area (Å²) in [6.07, 6.45) is 1.01. The third-order valence-corrected chi connectivity index (χ3v) is 3.88. The summed E-state index contributed by atoms with van der Waals surface area (Å²) >= 11 is 0. The molecule has 0 heterocycles. The van der Waals surface area contributed by atoms with Gasteiger partial charge in [-0.15, -0.1) is 0 Å². The molecule has 3 heteroatoms. The van der Waals surface area contributed by atoms with Gasteiger partial charge < -0.3 is 10.0 Å². The van der Waals surface area contributed by atoms with Crippen LogP contribution in [0.3, 0.4) is 0 Å². The minimum absolute atomic E-state index is 0.152. The van der Waals surface area contributed by atoms with E-state index in [1.807, 2.05) is 6.92 Å². The molecule has 122 valence electrons. The van der Waals surface area contributed by atoms with E-state index in [4.69, 9.17) is 5.11 Å². The topological polar surface area (TPSA) is 40.5 Å². The normalized spacial score (nSPS) is 12.3. The van der Waals surface area contributed by atoms with Crippen LogP contribution in [-0.4, -0.2) is 30.1 Å².